The molecule has 0 amide bonds. The molecule has 0 radical (unpaired) electrons. The molecule has 0 aliphatic rings. The lowest BCUT2D eigenvalue weighted by Gasteiger charge is -2.13. The second kappa shape index (κ2) is 10.5. The van der Waals surface area contributed by atoms with Gasteiger partial charge in [-0.15, -0.1) is 0 Å². The maximum Gasteiger partial charge on any atom is 0.316 e. The van der Waals surface area contributed by atoms with Crippen LogP contribution in [0.5, 0.6) is 0 Å². The molecule has 0 spiro atoms. The lowest BCUT2D eigenvalue weighted by Crippen LogP contribution is -2.18. The van der Waals surface area contributed by atoms with E-state index in [0.717, 1.165) is 16.9 Å². The van der Waals surface area contributed by atoms with Gasteiger partial charge in [0.15, 0.2) is 0 Å². The van der Waals surface area contributed by atoms with E-state index >= 15 is 0 Å². The van der Waals surface area contributed by atoms with E-state index in [1.54, 1.807) is 0 Å². The van der Waals surface area contributed by atoms with Crippen LogP contribution in [0.25, 0.3) is 0 Å². The minimum absolute atomic E-state index is 0.257. The maximum atomic E-state index is 12.5. The molecule has 3 aromatic rings. The molecule has 1 unspecified atom stereocenters. The zero-order chi connectivity index (χ0) is 19.6. The van der Waals surface area contributed by atoms with Crippen molar-refractivity contribution in [3.8, 4) is 0 Å². The topological polar surface area (TPSA) is 48.7 Å². The van der Waals surface area contributed by atoms with Gasteiger partial charge in [-0.2, -0.15) is 0 Å². The Hall–Kier alpha value is -2.85. The average Bonchev–Trinajstić information content (AvgIpc) is 3.20. The first-order valence-electron chi connectivity index (χ1n) is 9.67. The Balaban J connectivity index is 1.58. The number of carbonyl (C=O) groups excluding carboxylic acids is 1. The van der Waals surface area contributed by atoms with Crippen LogP contribution in [0.4, 0.5) is 0 Å². The standard InChI is InChI=1S/C24H26O4/c1-2-27-24(25)22(17-19-9-5-3-6-10-19)23-14-13-21(28-23)15-16-26-18-20-11-7-4-8-12-20/h3-14,22H,2,15-18H2,1H3. The molecule has 1 aromatic heterocycles. The third-order valence-electron chi connectivity index (χ3n) is 4.48. The fourth-order valence-corrected chi connectivity index (χ4v) is 3.05. The van der Waals surface area contributed by atoms with Crippen LogP contribution in [0.15, 0.2) is 77.2 Å². The Labute approximate surface area is 166 Å². The van der Waals surface area contributed by atoms with Crippen LogP contribution >= 0.6 is 0 Å². The Morgan fingerprint density at radius 3 is 2.29 bits per heavy atom. The third-order valence-corrected chi connectivity index (χ3v) is 4.48. The number of ether oxygens (including phenoxy) is 2. The fourth-order valence-electron chi connectivity index (χ4n) is 3.05. The van der Waals surface area contributed by atoms with Crippen LogP contribution in [-0.4, -0.2) is 19.2 Å². The summed E-state index contributed by atoms with van der Waals surface area (Å²) in [6.07, 6.45) is 1.21. The minimum atomic E-state index is -0.443. The maximum absolute atomic E-state index is 12.5. The molecule has 1 heterocycles. The first-order chi connectivity index (χ1) is 13.8. The number of rotatable bonds is 10. The summed E-state index contributed by atoms with van der Waals surface area (Å²) < 4.78 is 16.9. The van der Waals surface area contributed by atoms with Gasteiger partial charge >= 0.3 is 5.97 Å². The molecular formula is C24H26O4. The number of furan rings is 1. The van der Waals surface area contributed by atoms with Crippen molar-refractivity contribution in [2.75, 3.05) is 13.2 Å². The number of carbonyl (C=O) groups is 1. The van der Waals surface area contributed by atoms with E-state index in [9.17, 15) is 4.79 Å². The number of hydrogen-bond donors (Lipinski definition) is 0. The summed E-state index contributed by atoms with van der Waals surface area (Å²) in [5.74, 6) is 0.750. The minimum Gasteiger partial charge on any atom is -0.465 e. The van der Waals surface area contributed by atoms with Gasteiger partial charge in [0.25, 0.3) is 0 Å². The molecule has 28 heavy (non-hydrogen) atoms. The predicted molar refractivity (Wildman–Crippen MR) is 108 cm³/mol. The molecule has 4 nitrogen and oxygen atoms in total. The molecule has 0 aliphatic heterocycles. The summed E-state index contributed by atoms with van der Waals surface area (Å²) in [6, 6.07) is 23.8. The van der Waals surface area contributed by atoms with Crippen molar-refractivity contribution in [2.24, 2.45) is 0 Å². The molecule has 0 N–H and O–H groups in total. The van der Waals surface area contributed by atoms with E-state index in [1.165, 1.54) is 0 Å². The molecule has 0 bridgehead atoms. The van der Waals surface area contributed by atoms with E-state index in [4.69, 9.17) is 13.9 Å². The van der Waals surface area contributed by atoms with Crippen molar-refractivity contribution in [1.82, 2.24) is 0 Å². The van der Waals surface area contributed by atoms with Gasteiger partial charge in [0.1, 0.15) is 17.4 Å². The van der Waals surface area contributed by atoms with Crippen LogP contribution in [0, 0.1) is 0 Å². The smallest absolute Gasteiger partial charge is 0.316 e. The van der Waals surface area contributed by atoms with Gasteiger partial charge in [-0.1, -0.05) is 60.7 Å². The number of hydrogen-bond acceptors (Lipinski definition) is 4. The average molecular weight is 378 g/mol. The highest BCUT2D eigenvalue weighted by Gasteiger charge is 2.25. The zero-order valence-corrected chi connectivity index (χ0v) is 16.2. The van der Waals surface area contributed by atoms with E-state index in [0.29, 0.717) is 38.4 Å². The lowest BCUT2D eigenvalue weighted by molar-refractivity contribution is -0.145. The summed E-state index contributed by atoms with van der Waals surface area (Å²) >= 11 is 0. The van der Waals surface area contributed by atoms with Crippen LogP contribution in [0.3, 0.4) is 0 Å². The van der Waals surface area contributed by atoms with Crippen LogP contribution in [-0.2, 0) is 33.7 Å². The van der Waals surface area contributed by atoms with Crippen molar-refractivity contribution in [1.29, 1.82) is 0 Å². The van der Waals surface area contributed by atoms with Crippen molar-refractivity contribution in [3.05, 3.63) is 95.4 Å². The van der Waals surface area contributed by atoms with Crippen molar-refractivity contribution < 1.29 is 18.7 Å². The highest BCUT2D eigenvalue weighted by atomic mass is 16.5. The van der Waals surface area contributed by atoms with Gasteiger partial charge in [-0.05, 0) is 36.6 Å². The van der Waals surface area contributed by atoms with Gasteiger partial charge in [0, 0.05) is 6.42 Å². The Kier molecular flexibility index (Phi) is 7.44. The fraction of sp³-hybridized carbons (Fsp3) is 0.292. The summed E-state index contributed by atoms with van der Waals surface area (Å²) in [6.45, 7) is 3.30. The van der Waals surface area contributed by atoms with E-state index < -0.39 is 5.92 Å². The van der Waals surface area contributed by atoms with E-state index in [2.05, 4.69) is 0 Å². The lowest BCUT2D eigenvalue weighted by atomic mass is 9.97. The Bertz CT molecular complexity index is 839. The molecule has 0 saturated heterocycles. The van der Waals surface area contributed by atoms with Crippen molar-refractivity contribution in [2.45, 2.75) is 32.3 Å². The summed E-state index contributed by atoms with van der Waals surface area (Å²) in [7, 11) is 0. The van der Waals surface area contributed by atoms with E-state index in [1.807, 2.05) is 79.7 Å². The molecule has 3 rings (SSSR count). The summed E-state index contributed by atoms with van der Waals surface area (Å²) in [5.41, 5.74) is 2.22. The SMILES string of the molecule is CCOC(=O)C(Cc1ccccc1)c1ccc(CCOCc2ccccc2)o1. The summed E-state index contributed by atoms with van der Waals surface area (Å²) in [4.78, 5) is 12.5. The van der Waals surface area contributed by atoms with Crippen molar-refractivity contribution >= 4 is 5.97 Å². The Morgan fingerprint density at radius 2 is 1.61 bits per heavy atom. The second-order valence-corrected chi connectivity index (χ2v) is 6.59. The molecule has 0 fully saturated rings. The first-order valence-corrected chi connectivity index (χ1v) is 9.67. The van der Waals surface area contributed by atoms with Gasteiger partial charge in [-0.25, -0.2) is 0 Å². The zero-order valence-electron chi connectivity index (χ0n) is 16.2. The largest absolute Gasteiger partial charge is 0.465 e. The highest BCUT2D eigenvalue weighted by Crippen LogP contribution is 2.25. The number of esters is 1. The quantitative estimate of drug-likeness (QED) is 0.371. The first kappa shape index (κ1) is 19.9. The van der Waals surface area contributed by atoms with Crippen molar-refractivity contribution in [3.63, 3.8) is 0 Å². The van der Waals surface area contributed by atoms with Gasteiger partial charge < -0.3 is 13.9 Å². The van der Waals surface area contributed by atoms with Crippen LogP contribution in [0.2, 0.25) is 0 Å². The third kappa shape index (κ3) is 5.83. The Morgan fingerprint density at radius 1 is 0.929 bits per heavy atom. The van der Waals surface area contributed by atoms with E-state index in [-0.39, 0.29) is 5.97 Å². The molecule has 2 aromatic carbocycles. The van der Waals surface area contributed by atoms with Crippen LogP contribution < -0.4 is 0 Å². The molecule has 1 atom stereocenters. The predicted octanol–water partition coefficient (Wildman–Crippen LogP) is 4.93. The molecule has 4 heteroatoms. The highest BCUT2D eigenvalue weighted by molar-refractivity contribution is 5.77. The normalized spacial score (nSPS) is 11.9. The molecule has 146 valence electrons. The molecule has 0 aliphatic carbocycles. The summed E-state index contributed by atoms with van der Waals surface area (Å²) in [5, 5.41) is 0. The van der Waals surface area contributed by atoms with Gasteiger partial charge in [0.2, 0.25) is 0 Å². The monoisotopic (exact) mass is 378 g/mol. The second-order valence-electron chi connectivity index (χ2n) is 6.59. The molecular weight excluding hydrogens is 352 g/mol. The van der Waals surface area contributed by atoms with Gasteiger partial charge in [0.05, 0.1) is 19.8 Å². The van der Waals surface area contributed by atoms with Crippen LogP contribution in [0.1, 0.15) is 35.5 Å². The number of benzene rings is 2. The van der Waals surface area contributed by atoms with Gasteiger partial charge in [-0.3, -0.25) is 4.79 Å². The molecule has 0 saturated carbocycles.